The van der Waals surface area contributed by atoms with E-state index in [1.807, 2.05) is 49.4 Å². The van der Waals surface area contributed by atoms with E-state index >= 15 is 0 Å². The first-order valence-electron chi connectivity index (χ1n) is 10.6. The molecule has 2 amide bonds. The molecule has 1 unspecified atom stereocenters. The van der Waals surface area contributed by atoms with E-state index in [1.165, 1.54) is 5.56 Å². The number of nitrogens with zero attached hydrogens (tertiary/aromatic N) is 1. The summed E-state index contributed by atoms with van der Waals surface area (Å²) < 4.78 is 5.33. The van der Waals surface area contributed by atoms with Crippen LogP contribution in [0.5, 0.6) is 0 Å². The third-order valence-electron chi connectivity index (χ3n) is 5.28. The van der Waals surface area contributed by atoms with E-state index in [1.54, 1.807) is 17.0 Å². The number of hydrogen-bond donors (Lipinski definition) is 2. The Hall–Kier alpha value is -3.26. The molecule has 2 N–H and O–H groups in total. The maximum atomic E-state index is 12.6. The van der Waals surface area contributed by atoms with Gasteiger partial charge in [-0.3, -0.25) is 19.7 Å². The largest absolute Gasteiger partial charge is 0.466 e. The first-order valence-corrected chi connectivity index (χ1v) is 11.0. The third kappa shape index (κ3) is 6.37. The molecular weight excluding hydrogens is 426 g/mol. The number of nitrogens with one attached hydrogen (secondary N) is 2. The number of aryl methyl sites for hydroxylation is 2. The maximum absolute atomic E-state index is 12.6. The molecule has 7 nitrogen and oxygen atoms in total. The molecule has 1 heterocycles. The second kappa shape index (κ2) is 11.4. The average molecular weight is 454 g/mol. The molecule has 8 heteroatoms. The monoisotopic (exact) mass is 453 g/mol. The summed E-state index contributed by atoms with van der Waals surface area (Å²) in [6, 6.07) is 16.3. The SMILES string of the molecule is Cc1ccccc1C(=O)NC(=S)N1CCNC(=O)C1CC(=O)OCCCc1ccccc1. The molecule has 0 spiro atoms. The average Bonchev–Trinajstić information content (AvgIpc) is 2.79. The summed E-state index contributed by atoms with van der Waals surface area (Å²) in [5.74, 6) is -1.13. The van der Waals surface area contributed by atoms with Gasteiger partial charge in [-0.25, -0.2) is 0 Å². The molecular formula is C24H27N3O4S. The van der Waals surface area contributed by atoms with Crippen LogP contribution in [0.3, 0.4) is 0 Å². The van der Waals surface area contributed by atoms with Gasteiger partial charge in [0.1, 0.15) is 6.04 Å². The van der Waals surface area contributed by atoms with E-state index in [4.69, 9.17) is 17.0 Å². The van der Waals surface area contributed by atoms with Crippen LogP contribution >= 0.6 is 12.2 Å². The minimum atomic E-state index is -0.824. The fourth-order valence-electron chi connectivity index (χ4n) is 3.55. The Morgan fingerprint density at radius 2 is 1.88 bits per heavy atom. The van der Waals surface area contributed by atoms with E-state index in [9.17, 15) is 14.4 Å². The Morgan fingerprint density at radius 1 is 1.16 bits per heavy atom. The quantitative estimate of drug-likeness (QED) is 0.380. The summed E-state index contributed by atoms with van der Waals surface area (Å²) >= 11 is 5.40. The molecule has 1 aliphatic heterocycles. The zero-order valence-electron chi connectivity index (χ0n) is 18.0. The number of esters is 1. The van der Waals surface area contributed by atoms with E-state index in [2.05, 4.69) is 10.6 Å². The number of carbonyl (C=O) groups is 3. The molecule has 3 rings (SSSR count). The van der Waals surface area contributed by atoms with Crippen LogP contribution in [0.25, 0.3) is 0 Å². The van der Waals surface area contributed by atoms with Gasteiger partial charge in [0.25, 0.3) is 5.91 Å². The number of benzene rings is 2. The fourth-order valence-corrected chi connectivity index (χ4v) is 3.86. The molecule has 2 aromatic rings. The van der Waals surface area contributed by atoms with Crippen molar-refractivity contribution in [2.75, 3.05) is 19.7 Å². The maximum Gasteiger partial charge on any atom is 0.308 e. The highest BCUT2D eigenvalue weighted by Crippen LogP contribution is 2.13. The molecule has 0 bridgehead atoms. The van der Waals surface area contributed by atoms with E-state index in [-0.39, 0.29) is 30.0 Å². The van der Waals surface area contributed by atoms with Gasteiger partial charge >= 0.3 is 5.97 Å². The third-order valence-corrected chi connectivity index (χ3v) is 5.61. The highest BCUT2D eigenvalue weighted by Gasteiger charge is 2.34. The standard InChI is InChI=1S/C24H27N3O4S/c1-17-8-5-6-12-19(17)22(29)26-24(32)27-14-13-25-23(30)20(27)16-21(28)31-15-7-11-18-9-3-2-4-10-18/h2-6,8-10,12,20H,7,11,13-16H2,1H3,(H,25,30)(H,26,29,32). The van der Waals surface area contributed by atoms with Crippen LogP contribution < -0.4 is 10.6 Å². The Kier molecular flexibility index (Phi) is 8.33. The molecule has 168 valence electrons. The van der Waals surface area contributed by atoms with Crippen LogP contribution in [0.1, 0.15) is 34.3 Å². The molecule has 1 saturated heterocycles. The number of thiocarbonyl (C=S) groups is 1. The van der Waals surface area contributed by atoms with Crippen molar-refractivity contribution in [3.8, 4) is 0 Å². The van der Waals surface area contributed by atoms with Crippen molar-refractivity contribution in [1.29, 1.82) is 0 Å². The lowest BCUT2D eigenvalue weighted by atomic mass is 10.1. The van der Waals surface area contributed by atoms with Gasteiger partial charge < -0.3 is 15.0 Å². The normalized spacial score (nSPS) is 15.6. The minimum absolute atomic E-state index is 0.120. The first-order chi connectivity index (χ1) is 15.5. The van der Waals surface area contributed by atoms with Crippen LogP contribution in [0.2, 0.25) is 0 Å². The predicted octanol–water partition coefficient (Wildman–Crippen LogP) is 2.38. The Labute approximate surface area is 193 Å². The Morgan fingerprint density at radius 3 is 2.62 bits per heavy atom. The molecule has 0 aromatic heterocycles. The zero-order chi connectivity index (χ0) is 22.9. The highest BCUT2D eigenvalue weighted by molar-refractivity contribution is 7.80. The lowest BCUT2D eigenvalue weighted by molar-refractivity contribution is -0.147. The molecule has 0 aliphatic carbocycles. The summed E-state index contributed by atoms with van der Waals surface area (Å²) in [5, 5.41) is 5.55. The van der Waals surface area contributed by atoms with Crippen LogP contribution in [0, 0.1) is 6.92 Å². The van der Waals surface area contributed by atoms with Gasteiger partial charge in [0.15, 0.2) is 5.11 Å². The first kappa shape index (κ1) is 23.4. The number of rotatable bonds is 7. The van der Waals surface area contributed by atoms with Gasteiger partial charge in [-0.15, -0.1) is 0 Å². The van der Waals surface area contributed by atoms with Crippen LogP contribution in [0.4, 0.5) is 0 Å². The van der Waals surface area contributed by atoms with Crippen molar-refractivity contribution in [2.24, 2.45) is 0 Å². The molecule has 32 heavy (non-hydrogen) atoms. The van der Waals surface area contributed by atoms with Gasteiger partial charge in [0, 0.05) is 18.7 Å². The lowest BCUT2D eigenvalue weighted by Gasteiger charge is -2.36. The topological polar surface area (TPSA) is 87.7 Å². The van der Waals surface area contributed by atoms with Crippen LogP contribution in [-0.2, 0) is 20.7 Å². The van der Waals surface area contributed by atoms with Crippen molar-refractivity contribution in [1.82, 2.24) is 15.5 Å². The van der Waals surface area contributed by atoms with Gasteiger partial charge in [-0.1, -0.05) is 48.5 Å². The molecule has 1 atom stereocenters. The van der Waals surface area contributed by atoms with Crippen molar-refractivity contribution < 1.29 is 19.1 Å². The number of carbonyl (C=O) groups excluding carboxylic acids is 3. The van der Waals surface area contributed by atoms with Crippen molar-refractivity contribution >= 4 is 35.1 Å². The summed E-state index contributed by atoms with van der Waals surface area (Å²) in [7, 11) is 0. The molecule has 1 aliphatic rings. The van der Waals surface area contributed by atoms with Crippen molar-refractivity contribution in [2.45, 2.75) is 32.2 Å². The van der Waals surface area contributed by atoms with Gasteiger partial charge in [-0.2, -0.15) is 0 Å². The molecule has 0 saturated carbocycles. The number of piperazine rings is 1. The molecule has 0 radical (unpaired) electrons. The second-order valence-electron chi connectivity index (χ2n) is 7.59. The fraction of sp³-hybridized carbons (Fsp3) is 0.333. The molecule has 2 aromatic carbocycles. The number of ether oxygens (including phenoxy) is 1. The second-order valence-corrected chi connectivity index (χ2v) is 7.97. The van der Waals surface area contributed by atoms with E-state index in [0.29, 0.717) is 25.1 Å². The number of amides is 2. The molecule has 1 fully saturated rings. The highest BCUT2D eigenvalue weighted by atomic mass is 32.1. The van der Waals surface area contributed by atoms with Gasteiger partial charge in [-0.05, 0) is 49.2 Å². The van der Waals surface area contributed by atoms with Crippen molar-refractivity contribution in [3.05, 3.63) is 71.3 Å². The van der Waals surface area contributed by atoms with Gasteiger partial charge in [0.2, 0.25) is 5.91 Å². The van der Waals surface area contributed by atoms with E-state index in [0.717, 1.165) is 12.0 Å². The lowest BCUT2D eigenvalue weighted by Crippen LogP contribution is -2.60. The Bertz CT molecular complexity index is 980. The summed E-state index contributed by atoms with van der Waals surface area (Å²) in [6.07, 6.45) is 1.36. The minimum Gasteiger partial charge on any atom is -0.466 e. The summed E-state index contributed by atoms with van der Waals surface area (Å²) in [4.78, 5) is 39.0. The Balaban J connectivity index is 1.53. The van der Waals surface area contributed by atoms with Crippen molar-refractivity contribution in [3.63, 3.8) is 0 Å². The number of hydrogen-bond acceptors (Lipinski definition) is 5. The summed E-state index contributed by atoms with van der Waals surface area (Å²) in [6.45, 7) is 2.88. The van der Waals surface area contributed by atoms with Gasteiger partial charge in [0.05, 0.1) is 13.0 Å². The summed E-state index contributed by atoms with van der Waals surface area (Å²) in [5.41, 5.74) is 2.50. The van der Waals surface area contributed by atoms with Crippen LogP contribution in [0.15, 0.2) is 54.6 Å². The predicted molar refractivity (Wildman–Crippen MR) is 125 cm³/mol. The smallest absolute Gasteiger partial charge is 0.308 e. The zero-order valence-corrected chi connectivity index (χ0v) is 18.8. The van der Waals surface area contributed by atoms with E-state index < -0.39 is 12.0 Å². The van der Waals surface area contributed by atoms with Crippen LogP contribution in [-0.4, -0.2) is 53.5 Å².